The van der Waals surface area contributed by atoms with Crippen molar-refractivity contribution in [2.75, 3.05) is 13.1 Å². The molecule has 165 valence electrons. The number of carbonyl (C=O) groups is 1. The van der Waals surface area contributed by atoms with Crippen molar-refractivity contribution in [2.45, 2.75) is 58.9 Å². The molecule has 0 unspecified atom stereocenters. The zero-order chi connectivity index (χ0) is 21.8. The number of amides is 1. The minimum absolute atomic E-state index is 0. The van der Waals surface area contributed by atoms with E-state index in [2.05, 4.69) is 64.3 Å². The Bertz CT molecular complexity index is 868. The van der Waals surface area contributed by atoms with E-state index in [-0.39, 0.29) is 45.1 Å². The minimum Gasteiger partial charge on any atom is -0.507 e. The molecule has 0 atom stereocenters. The van der Waals surface area contributed by atoms with Crippen molar-refractivity contribution in [3.63, 3.8) is 0 Å². The smallest absolute Gasteiger partial charge is 0.255 e. The molecule has 1 radical (unpaired) electrons. The Hall–Kier alpha value is -2.01. The molecule has 0 spiro atoms. The molecule has 0 bridgehead atoms. The van der Waals surface area contributed by atoms with Crippen LogP contribution in [0.4, 0.5) is 0 Å². The number of aromatic hydroxyl groups is 2. The van der Waals surface area contributed by atoms with Gasteiger partial charge in [-0.3, -0.25) is 4.79 Å². The van der Waals surface area contributed by atoms with E-state index in [4.69, 9.17) is 0 Å². The van der Waals surface area contributed by atoms with Gasteiger partial charge in [0.15, 0.2) is 0 Å². The number of carbonyl (C=O) groups excluding carboxylic acids is 1. The summed E-state index contributed by atoms with van der Waals surface area (Å²) in [5.41, 5.74) is 3.06. The fourth-order valence-corrected chi connectivity index (χ4v) is 3.08. The Balaban J connectivity index is 0.00000450. The number of hydrogen-bond acceptors (Lipinski definition) is 4. The predicted octanol–water partition coefficient (Wildman–Crippen LogP) is 4.21. The molecule has 6 heteroatoms. The predicted molar refractivity (Wildman–Crippen MR) is 118 cm³/mol. The number of hydrogen-bond donors (Lipinski definition) is 4. The van der Waals surface area contributed by atoms with Crippen LogP contribution >= 0.6 is 0 Å². The van der Waals surface area contributed by atoms with Gasteiger partial charge in [-0.15, -0.1) is 0 Å². The molecule has 5 nitrogen and oxygen atoms in total. The van der Waals surface area contributed by atoms with Crippen molar-refractivity contribution >= 4 is 5.91 Å². The Kier molecular flexibility index (Phi) is 8.97. The molecule has 0 fully saturated rings. The monoisotopic (exact) mass is 453 g/mol. The van der Waals surface area contributed by atoms with E-state index in [1.807, 2.05) is 0 Å². The zero-order valence-electron chi connectivity index (χ0n) is 18.8. The largest absolute Gasteiger partial charge is 0.507 e. The van der Waals surface area contributed by atoms with Crippen molar-refractivity contribution in [3.8, 4) is 11.5 Å². The second-order valence-corrected chi connectivity index (χ2v) is 9.48. The fourth-order valence-electron chi connectivity index (χ4n) is 3.08. The van der Waals surface area contributed by atoms with Crippen LogP contribution in [0.2, 0.25) is 0 Å². The van der Waals surface area contributed by atoms with E-state index in [1.165, 1.54) is 11.6 Å². The molecule has 1 amide bonds. The van der Waals surface area contributed by atoms with Gasteiger partial charge in [0.05, 0.1) is 5.56 Å². The van der Waals surface area contributed by atoms with Crippen LogP contribution in [0.25, 0.3) is 0 Å². The maximum atomic E-state index is 12.1. The second-order valence-electron chi connectivity index (χ2n) is 9.48. The third kappa shape index (κ3) is 6.76. The van der Waals surface area contributed by atoms with Crippen LogP contribution in [0.1, 0.15) is 68.6 Å². The molecule has 0 heterocycles. The van der Waals surface area contributed by atoms with Crippen LogP contribution in [0.3, 0.4) is 0 Å². The number of nitrogens with one attached hydrogen (secondary N) is 2. The van der Waals surface area contributed by atoms with Crippen LogP contribution in [-0.2, 0) is 34.4 Å². The Labute approximate surface area is 190 Å². The van der Waals surface area contributed by atoms with E-state index in [0.29, 0.717) is 25.4 Å². The molecule has 0 saturated carbocycles. The maximum Gasteiger partial charge on any atom is 0.255 e. The van der Waals surface area contributed by atoms with Gasteiger partial charge >= 0.3 is 0 Å². The molecule has 2 aromatic carbocycles. The maximum absolute atomic E-state index is 12.1. The van der Waals surface area contributed by atoms with E-state index >= 15 is 0 Å². The van der Waals surface area contributed by atoms with E-state index in [1.54, 1.807) is 18.2 Å². The summed E-state index contributed by atoms with van der Waals surface area (Å²) in [4.78, 5) is 12.1. The Morgan fingerprint density at radius 3 is 2.13 bits per heavy atom. The summed E-state index contributed by atoms with van der Waals surface area (Å²) >= 11 is 0. The Morgan fingerprint density at radius 2 is 1.57 bits per heavy atom. The summed E-state index contributed by atoms with van der Waals surface area (Å²) in [7, 11) is 0. The van der Waals surface area contributed by atoms with Crippen LogP contribution in [0, 0.1) is 0 Å². The average Bonchev–Trinajstić information content (AvgIpc) is 2.60. The molecule has 4 N–H and O–H groups in total. The Morgan fingerprint density at radius 1 is 0.933 bits per heavy atom. The number of para-hydroxylation sites is 1. The quantitative estimate of drug-likeness (QED) is 0.390. The van der Waals surface area contributed by atoms with Gasteiger partial charge < -0.3 is 20.8 Å². The van der Waals surface area contributed by atoms with E-state index in [9.17, 15) is 15.0 Å². The number of benzene rings is 2. The molecule has 0 saturated heterocycles. The van der Waals surface area contributed by atoms with Crippen LogP contribution in [0.5, 0.6) is 11.5 Å². The molecular formula is C24H34MnN2O3. The van der Waals surface area contributed by atoms with Crippen LogP contribution in [0.15, 0.2) is 36.4 Å². The second kappa shape index (κ2) is 10.3. The van der Waals surface area contributed by atoms with Crippen molar-refractivity contribution < 1.29 is 32.1 Å². The third-order valence-electron chi connectivity index (χ3n) is 4.91. The standard InChI is InChI=1S/C24H34N2O3.Mn/c1-23(2,3)17-13-16(21(28)19(14-17)24(4,5)6)15-25-11-12-26-22(29)18-9-7-8-10-20(18)27;/h7-10,13-14,25,27-28H,11-12,15H2,1-6H3,(H,26,29);. The fraction of sp³-hybridized carbons (Fsp3) is 0.458. The SMILES string of the molecule is CC(C)(C)c1cc(CNCCNC(=O)c2ccccc2O)c(O)c(C(C)(C)C)c1.[Mn]. The molecule has 0 aliphatic heterocycles. The molecule has 2 aromatic rings. The molecule has 2 rings (SSSR count). The van der Waals surface area contributed by atoms with Gasteiger partial charge in [0, 0.05) is 42.3 Å². The van der Waals surface area contributed by atoms with Crippen molar-refractivity contribution in [1.82, 2.24) is 10.6 Å². The summed E-state index contributed by atoms with van der Waals surface area (Å²) < 4.78 is 0. The van der Waals surface area contributed by atoms with Crippen molar-refractivity contribution in [2.24, 2.45) is 0 Å². The first-order valence-corrected chi connectivity index (χ1v) is 10.0. The molecule has 0 aliphatic carbocycles. The summed E-state index contributed by atoms with van der Waals surface area (Å²) in [5.74, 6) is -0.00896. The van der Waals surface area contributed by atoms with Gasteiger partial charge in [-0.05, 0) is 34.1 Å². The molecular weight excluding hydrogens is 419 g/mol. The first-order valence-electron chi connectivity index (χ1n) is 10.0. The van der Waals surface area contributed by atoms with Gasteiger partial charge in [0.25, 0.3) is 5.91 Å². The summed E-state index contributed by atoms with van der Waals surface area (Å²) in [5, 5.41) is 26.6. The third-order valence-corrected chi connectivity index (χ3v) is 4.91. The van der Waals surface area contributed by atoms with Gasteiger partial charge in [0.2, 0.25) is 0 Å². The average molecular weight is 453 g/mol. The summed E-state index contributed by atoms with van der Waals surface area (Å²) in [6, 6.07) is 10.6. The van der Waals surface area contributed by atoms with Gasteiger partial charge in [-0.1, -0.05) is 65.8 Å². The molecule has 30 heavy (non-hydrogen) atoms. The zero-order valence-corrected chi connectivity index (χ0v) is 19.9. The van der Waals surface area contributed by atoms with Gasteiger partial charge in [-0.25, -0.2) is 0 Å². The van der Waals surface area contributed by atoms with E-state index < -0.39 is 0 Å². The first kappa shape index (κ1) is 26.0. The molecule has 0 aliphatic rings. The number of phenols is 2. The van der Waals surface area contributed by atoms with Gasteiger partial charge in [0.1, 0.15) is 11.5 Å². The van der Waals surface area contributed by atoms with Crippen LogP contribution < -0.4 is 10.6 Å². The summed E-state index contributed by atoms with van der Waals surface area (Å²) in [6.07, 6.45) is 0. The first-order chi connectivity index (χ1) is 13.4. The number of phenolic OH excluding ortho intramolecular Hbond substituents is 2. The van der Waals surface area contributed by atoms with Crippen molar-refractivity contribution in [3.05, 3.63) is 58.7 Å². The van der Waals surface area contributed by atoms with E-state index in [0.717, 1.165) is 11.1 Å². The minimum atomic E-state index is -0.308. The van der Waals surface area contributed by atoms with Crippen LogP contribution in [-0.4, -0.2) is 29.2 Å². The molecule has 0 aromatic heterocycles. The normalized spacial score (nSPS) is 11.7. The van der Waals surface area contributed by atoms with Crippen molar-refractivity contribution in [1.29, 1.82) is 0 Å². The number of rotatable bonds is 6. The summed E-state index contributed by atoms with van der Waals surface area (Å²) in [6.45, 7) is 14.3. The van der Waals surface area contributed by atoms with Gasteiger partial charge in [-0.2, -0.15) is 0 Å². The topological polar surface area (TPSA) is 81.6 Å².